The molecular weight excluding hydrogens is 396 g/mol. The van der Waals surface area contributed by atoms with E-state index in [1.807, 2.05) is 49.8 Å². The molecule has 0 aliphatic heterocycles. The zero-order valence-electron chi connectivity index (χ0n) is 17.5. The standard InChI is InChI=1S/C24H25ClN4O/c1-15(18-12-27-29(4)14-18)28-23-20-11-17(7-10-22(20)26-13-21(23)25)16-5-8-19(9-6-16)24(2,3)30/h5-15,30H,1-4H3,(H,26,28). The number of fused-ring (bicyclic) bond motifs is 1. The molecule has 0 spiro atoms. The Hall–Kier alpha value is -2.89. The van der Waals surface area contributed by atoms with Crippen LogP contribution < -0.4 is 5.32 Å². The fourth-order valence-electron chi connectivity index (χ4n) is 3.53. The van der Waals surface area contributed by atoms with Crippen molar-refractivity contribution >= 4 is 28.2 Å². The highest BCUT2D eigenvalue weighted by molar-refractivity contribution is 6.34. The molecule has 0 fully saturated rings. The molecule has 1 atom stereocenters. The smallest absolute Gasteiger partial charge is 0.0840 e. The number of benzene rings is 2. The van der Waals surface area contributed by atoms with Crippen LogP contribution in [0.15, 0.2) is 61.1 Å². The first-order valence-electron chi connectivity index (χ1n) is 9.89. The fraction of sp³-hybridized carbons (Fsp3) is 0.250. The Balaban J connectivity index is 1.73. The van der Waals surface area contributed by atoms with Gasteiger partial charge in [-0.05, 0) is 49.6 Å². The molecule has 0 radical (unpaired) electrons. The van der Waals surface area contributed by atoms with E-state index in [9.17, 15) is 5.11 Å². The number of anilines is 1. The summed E-state index contributed by atoms with van der Waals surface area (Å²) in [5, 5.41) is 19.5. The highest BCUT2D eigenvalue weighted by Gasteiger charge is 2.16. The van der Waals surface area contributed by atoms with E-state index >= 15 is 0 Å². The summed E-state index contributed by atoms with van der Waals surface area (Å²) < 4.78 is 1.79. The molecule has 4 rings (SSSR count). The number of nitrogens with one attached hydrogen (secondary N) is 1. The van der Waals surface area contributed by atoms with Crippen LogP contribution in [-0.2, 0) is 12.6 Å². The van der Waals surface area contributed by atoms with Gasteiger partial charge in [0.05, 0.1) is 34.1 Å². The lowest BCUT2D eigenvalue weighted by molar-refractivity contribution is 0.0786. The number of halogens is 1. The van der Waals surface area contributed by atoms with Gasteiger partial charge >= 0.3 is 0 Å². The fourth-order valence-corrected chi connectivity index (χ4v) is 3.73. The number of nitrogens with zero attached hydrogens (tertiary/aromatic N) is 3. The molecule has 0 amide bonds. The lowest BCUT2D eigenvalue weighted by Gasteiger charge is -2.19. The predicted molar refractivity (Wildman–Crippen MR) is 123 cm³/mol. The molecule has 4 aromatic rings. The van der Waals surface area contributed by atoms with Crippen LogP contribution >= 0.6 is 11.6 Å². The maximum Gasteiger partial charge on any atom is 0.0840 e. The second-order valence-corrected chi connectivity index (χ2v) is 8.57. The Morgan fingerprint density at radius 2 is 1.77 bits per heavy atom. The first-order valence-corrected chi connectivity index (χ1v) is 10.3. The second-order valence-electron chi connectivity index (χ2n) is 8.16. The molecule has 2 aromatic heterocycles. The molecule has 2 N–H and O–H groups in total. The highest BCUT2D eigenvalue weighted by Crippen LogP contribution is 2.35. The molecule has 0 aliphatic carbocycles. The van der Waals surface area contributed by atoms with Gasteiger partial charge in [-0.15, -0.1) is 0 Å². The molecule has 5 nitrogen and oxygen atoms in total. The Bertz CT molecular complexity index is 1190. The van der Waals surface area contributed by atoms with E-state index in [-0.39, 0.29) is 6.04 Å². The lowest BCUT2D eigenvalue weighted by atomic mass is 9.95. The number of pyridine rings is 1. The molecule has 0 saturated heterocycles. The van der Waals surface area contributed by atoms with Crippen LogP contribution in [-0.4, -0.2) is 19.9 Å². The van der Waals surface area contributed by atoms with Crippen molar-refractivity contribution in [2.45, 2.75) is 32.4 Å². The summed E-state index contributed by atoms with van der Waals surface area (Å²) in [5.74, 6) is 0. The van der Waals surface area contributed by atoms with Crippen LogP contribution in [0.3, 0.4) is 0 Å². The van der Waals surface area contributed by atoms with Crippen molar-refractivity contribution in [2.75, 3.05) is 5.32 Å². The average Bonchev–Trinajstić information content (AvgIpc) is 3.15. The van der Waals surface area contributed by atoms with Crippen molar-refractivity contribution in [3.8, 4) is 11.1 Å². The first-order chi connectivity index (χ1) is 14.2. The van der Waals surface area contributed by atoms with Gasteiger partial charge in [-0.2, -0.15) is 5.10 Å². The number of hydrogen-bond acceptors (Lipinski definition) is 4. The van der Waals surface area contributed by atoms with E-state index in [0.29, 0.717) is 5.02 Å². The van der Waals surface area contributed by atoms with Gasteiger partial charge in [0.1, 0.15) is 0 Å². The summed E-state index contributed by atoms with van der Waals surface area (Å²) in [4.78, 5) is 4.49. The summed E-state index contributed by atoms with van der Waals surface area (Å²) in [7, 11) is 1.90. The first kappa shape index (κ1) is 20.4. The zero-order valence-corrected chi connectivity index (χ0v) is 18.3. The Morgan fingerprint density at radius 1 is 1.07 bits per heavy atom. The van der Waals surface area contributed by atoms with Gasteiger partial charge in [0.25, 0.3) is 0 Å². The number of aromatic nitrogens is 3. The molecule has 1 unspecified atom stereocenters. The van der Waals surface area contributed by atoms with Gasteiger partial charge in [0.15, 0.2) is 0 Å². The Morgan fingerprint density at radius 3 is 2.40 bits per heavy atom. The monoisotopic (exact) mass is 420 g/mol. The predicted octanol–water partition coefficient (Wildman–Crippen LogP) is 5.69. The summed E-state index contributed by atoms with van der Waals surface area (Å²) in [5.41, 5.74) is 4.95. The van der Waals surface area contributed by atoms with E-state index in [4.69, 9.17) is 11.6 Å². The van der Waals surface area contributed by atoms with Crippen molar-refractivity contribution < 1.29 is 5.11 Å². The SMILES string of the molecule is CC(Nc1c(Cl)cnc2ccc(-c3ccc(C(C)(C)O)cc3)cc12)c1cnn(C)c1. The van der Waals surface area contributed by atoms with Gasteiger partial charge in [-0.1, -0.05) is 41.9 Å². The summed E-state index contributed by atoms with van der Waals surface area (Å²) in [6, 6.07) is 14.2. The average molecular weight is 421 g/mol. The molecular formula is C24H25ClN4O. The highest BCUT2D eigenvalue weighted by atomic mass is 35.5. The Kier molecular flexibility index (Phi) is 5.26. The van der Waals surface area contributed by atoms with Gasteiger partial charge in [-0.3, -0.25) is 9.67 Å². The van der Waals surface area contributed by atoms with Gasteiger partial charge in [-0.25, -0.2) is 0 Å². The molecule has 6 heteroatoms. The van der Waals surface area contributed by atoms with E-state index in [2.05, 4.69) is 34.5 Å². The third-order valence-electron chi connectivity index (χ3n) is 5.33. The summed E-state index contributed by atoms with van der Waals surface area (Å²) >= 11 is 6.54. The molecule has 154 valence electrons. The van der Waals surface area contributed by atoms with Crippen molar-refractivity contribution in [3.05, 3.63) is 77.2 Å². The van der Waals surface area contributed by atoms with Crippen molar-refractivity contribution in [3.63, 3.8) is 0 Å². The quantitative estimate of drug-likeness (QED) is 0.435. The van der Waals surface area contributed by atoms with Gasteiger partial charge in [0.2, 0.25) is 0 Å². The maximum absolute atomic E-state index is 10.2. The van der Waals surface area contributed by atoms with Crippen LogP contribution in [0, 0.1) is 0 Å². The minimum atomic E-state index is -0.862. The maximum atomic E-state index is 10.2. The van der Waals surface area contributed by atoms with Crippen molar-refractivity contribution in [1.82, 2.24) is 14.8 Å². The molecule has 0 saturated carbocycles. The lowest BCUT2D eigenvalue weighted by Crippen LogP contribution is -2.14. The minimum Gasteiger partial charge on any atom is -0.386 e. The summed E-state index contributed by atoms with van der Waals surface area (Å²) in [6.07, 6.45) is 5.52. The molecule has 0 bridgehead atoms. The van der Waals surface area contributed by atoms with Crippen LogP contribution in [0.4, 0.5) is 5.69 Å². The number of rotatable bonds is 5. The van der Waals surface area contributed by atoms with E-state index in [1.54, 1.807) is 24.7 Å². The normalized spacial score (nSPS) is 12.9. The molecule has 2 heterocycles. The van der Waals surface area contributed by atoms with E-state index in [0.717, 1.165) is 38.8 Å². The third kappa shape index (κ3) is 4.04. The van der Waals surface area contributed by atoms with Crippen LogP contribution in [0.25, 0.3) is 22.0 Å². The van der Waals surface area contributed by atoms with Gasteiger partial charge < -0.3 is 10.4 Å². The number of aryl methyl sites for hydroxylation is 1. The second kappa shape index (κ2) is 7.74. The van der Waals surface area contributed by atoms with Crippen LogP contribution in [0.2, 0.25) is 5.02 Å². The topological polar surface area (TPSA) is 63.0 Å². The van der Waals surface area contributed by atoms with Gasteiger partial charge in [0, 0.05) is 30.4 Å². The molecule has 2 aromatic carbocycles. The number of aliphatic hydroxyl groups is 1. The molecule has 0 aliphatic rings. The zero-order chi connectivity index (χ0) is 21.5. The largest absolute Gasteiger partial charge is 0.386 e. The van der Waals surface area contributed by atoms with Crippen molar-refractivity contribution in [2.24, 2.45) is 7.05 Å². The number of hydrogen-bond donors (Lipinski definition) is 2. The van der Waals surface area contributed by atoms with Crippen LogP contribution in [0.5, 0.6) is 0 Å². The van der Waals surface area contributed by atoms with E-state index in [1.165, 1.54) is 0 Å². The van der Waals surface area contributed by atoms with E-state index < -0.39 is 5.60 Å². The Labute approximate surface area is 181 Å². The molecule has 30 heavy (non-hydrogen) atoms. The third-order valence-corrected chi connectivity index (χ3v) is 5.62. The van der Waals surface area contributed by atoms with Crippen molar-refractivity contribution in [1.29, 1.82) is 0 Å². The minimum absolute atomic E-state index is 0.0384. The van der Waals surface area contributed by atoms with Crippen LogP contribution in [0.1, 0.15) is 37.9 Å². The summed E-state index contributed by atoms with van der Waals surface area (Å²) in [6.45, 7) is 5.65.